The van der Waals surface area contributed by atoms with Gasteiger partial charge in [0.1, 0.15) is 5.75 Å². The molecular weight excluding hydrogens is 424 g/mol. The predicted molar refractivity (Wildman–Crippen MR) is 118 cm³/mol. The van der Waals surface area contributed by atoms with Crippen LogP contribution in [0.2, 0.25) is 0 Å². The summed E-state index contributed by atoms with van der Waals surface area (Å²) in [7, 11) is -3.70. The lowest BCUT2D eigenvalue weighted by Crippen LogP contribution is -2.18. The van der Waals surface area contributed by atoms with Crippen LogP contribution in [0.4, 0.5) is 11.4 Å². The van der Waals surface area contributed by atoms with Crippen LogP contribution >= 0.6 is 11.8 Å². The summed E-state index contributed by atoms with van der Waals surface area (Å²) in [6.45, 7) is 4.24. The molecule has 1 heterocycles. The van der Waals surface area contributed by atoms with Crippen LogP contribution < -0.4 is 15.4 Å². The van der Waals surface area contributed by atoms with Crippen LogP contribution in [0.5, 0.6) is 5.75 Å². The van der Waals surface area contributed by atoms with Gasteiger partial charge in [-0.2, -0.15) is 0 Å². The summed E-state index contributed by atoms with van der Waals surface area (Å²) in [5.74, 6) is -0.371. The van der Waals surface area contributed by atoms with Crippen molar-refractivity contribution >= 4 is 44.8 Å². The number of para-hydroxylation sites is 2. The summed E-state index contributed by atoms with van der Waals surface area (Å²) in [6.07, 6.45) is 0.169. The zero-order valence-electron chi connectivity index (χ0n) is 16.8. The van der Waals surface area contributed by atoms with E-state index in [0.717, 1.165) is 4.90 Å². The molecule has 3 rings (SSSR count). The Kier molecular flexibility index (Phi) is 7.04. The number of hydrogen-bond donors (Lipinski definition) is 2. The minimum Gasteiger partial charge on any atom is -0.492 e. The average molecular weight is 449 g/mol. The summed E-state index contributed by atoms with van der Waals surface area (Å²) in [5.41, 5.74) is 0.992. The first-order valence-electron chi connectivity index (χ1n) is 9.63. The molecule has 0 radical (unpaired) electrons. The van der Waals surface area contributed by atoms with Crippen LogP contribution in [0, 0.1) is 0 Å². The van der Waals surface area contributed by atoms with E-state index in [2.05, 4.69) is 10.6 Å². The number of rotatable bonds is 7. The van der Waals surface area contributed by atoms with Gasteiger partial charge in [-0.05, 0) is 37.3 Å². The van der Waals surface area contributed by atoms with Gasteiger partial charge in [-0.3, -0.25) is 9.59 Å². The highest BCUT2D eigenvalue weighted by Crippen LogP contribution is 2.36. The highest BCUT2D eigenvalue weighted by atomic mass is 32.2. The summed E-state index contributed by atoms with van der Waals surface area (Å²) < 4.78 is 31.0. The predicted octanol–water partition coefficient (Wildman–Crippen LogP) is 3.71. The molecular formula is C21H24N2O5S2. The van der Waals surface area contributed by atoms with Crippen LogP contribution in [0.1, 0.15) is 26.7 Å². The molecule has 0 saturated carbocycles. The second kappa shape index (κ2) is 9.53. The normalized spacial score (nSPS) is 16.2. The Morgan fingerprint density at radius 3 is 2.80 bits per heavy atom. The summed E-state index contributed by atoms with van der Waals surface area (Å²) in [6, 6.07) is 11.7. The van der Waals surface area contributed by atoms with Crippen LogP contribution in [0.3, 0.4) is 0 Å². The van der Waals surface area contributed by atoms with E-state index in [1.807, 2.05) is 13.8 Å². The zero-order chi connectivity index (χ0) is 21.7. The van der Waals surface area contributed by atoms with Crippen LogP contribution in [-0.4, -0.2) is 37.8 Å². The van der Waals surface area contributed by atoms with Gasteiger partial charge in [0.05, 0.1) is 28.6 Å². The molecule has 0 spiro atoms. The van der Waals surface area contributed by atoms with E-state index in [0.29, 0.717) is 30.2 Å². The molecule has 9 heteroatoms. The monoisotopic (exact) mass is 448 g/mol. The third-order valence-electron chi connectivity index (χ3n) is 4.44. The van der Waals surface area contributed by atoms with Gasteiger partial charge in [0.2, 0.25) is 11.8 Å². The molecule has 2 aromatic rings. The van der Waals surface area contributed by atoms with Gasteiger partial charge in [-0.15, -0.1) is 11.8 Å². The van der Waals surface area contributed by atoms with Gasteiger partial charge in [-0.1, -0.05) is 19.1 Å². The third kappa shape index (κ3) is 5.54. The topological polar surface area (TPSA) is 102 Å². The van der Waals surface area contributed by atoms with E-state index in [1.54, 1.807) is 30.3 Å². The van der Waals surface area contributed by atoms with Crippen molar-refractivity contribution in [3.63, 3.8) is 0 Å². The van der Waals surface area contributed by atoms with Gasteiger partial charge in [0.25, 0.3) is 0 Å². The number of ether oxygens (including phenoxy) is 1. The maximum absolute atomic E-state index is 12.8. The van der Waals surface area contributed by atoms with Crippen molar-refractivity contribution in [1.82, 2.24) is 0 Å². The fourth-order valence-corrected chi connectivity index (χ4v) is 5.35. The molecule has 1 atom stereocenters. The molecule has 0 fully saturated rings. The van der Waals surface area contributed by atoms with E-state index in [1.165, 1.54) is 23.9 Å². The fourth-order valence-electron chi connectivity index (χ4n) is 3.03. The van der Waals surface area contributed by atoms with Gasteiger partial charge < -0.3 is 15.4 Å². The van der Waals surface area contributed by atoms with Gasteiger partial charge in [-0.25, -0.2) is 8.42 Å². The highest BCUT2D eigenvalue weighted by molar-refractivity contribution is 8.00. The summed E-state index contributed by atoms with van der Waals surface area (Å²) >= 11 is 1.53. The van der Waals surface area contributed by atoms with Crippen molar-refractivity contribution in [3.8, 4) is 5.75 Å². The number of anilines is 2. The maximum Gasteiger partial charge on any atom is 0.225 e. The van der Waals surface area contributed by atoms with Crippen molar-refractivity contribution in [2.75, 3.05) is 23.0 Å². The van der Waals surface area contributed by atoms with E-state index >= 15 is 0 Å². The quantitative estimate of drug-likeness (QED) is 0.670. The second-order valence-electron chi connectivity index (χ2n) is 6.88. The molecule has 2 aromatic carbocycles. The molecule has 7 nitrogen and oxygen atoms in total. The number of carbonyl (C=O) groups is 2. The molecule has 30 heavy (non-hydrogen) atoms. The summed E-state index contributed by atoms with van der Waals surface area (Å²) in [5, 5.41) is 5.57. The number of sulfone groups is 1. The van der Waals surface area contributed by atoms with Crippen LogP contribution in [0.25, 0.3) is 0 Å². The number of nitrogens with one attached hydrogen (secondary N) is 2. The number of thioether (sulfide) groups is 1. The first-order valence-corrected chi connectivity index (χ1v) is 12.2. The average Bonchev–Trinajstić information content (AvgIpc) is 2.83. The first-order chi connectivity index (χ1) is 14.3. The van der Waals surface area contributed by atoms with Gasteiger partial charge in [0.15, 0.2) is 9.84 Å². The van der Waals surface area contributed by atoms with Crippen molar-refractivity contribution in [2.24, 2.45) is 0 Å². The largest absolute Gasteiger partial charge is 0.492 e. The maximum atomic E-state index is 12.8. The van der Waals surface area contributed by atoms with E-state index < -0.39 is 15.7 Å². The third-order valence-corrected chi connectivity index (χ3v) is 7.34. The molecule has 2 amide bonds. The zero-order valence-corrected chi connectivity index (χ0v) is 18.4. The van der Waals surface area contributed by atoms with Crippen molar-refractivity contribution < 1.29 is 22.7 Å². The molecule has 1 aliphatic rings. The smallest absolute Gasteiger partial charge is 0.225 e. The van der Waals surface area contributed by atoms with Gasteiger partial charge >= 0.3 is 0 Å². The highest BCUT2D eigenvalue weighted by Gasteiger charge is 2.23. The minimum absolute atomic E-state index is 0.0826. The number of fused-ring (bicyclic) bond motifs is 1. The second-order valence-corrected chi connectivity index (χ2v) is 10.5. The van der Waals surface area contributed by atoms with Crippen molar-refractivity contribution in [1.29, 1.82) is 0 Å². The van der Waals surface area contributed by atoms with Crippen LogP contribution in [0.15, 0.2) is 52.3 Å². The Labute approximate surface area is 180 Å². The van der Waals surface area contributed by atoms with E-state index in [4.69, 9.17) is 4.74 Å². The Balaban J connectivity index is 1.68. The standard InChI is InChI=1S/C21H24N2O5S2/c1-3-28-18-7-5-4-6-16(18)22-20(24)10-11-30(26,27)15-8-9-19-17(13-15)23-21(25)12-14(2)29-19/h4-9,13-14H,3,10-12H2,1-2H3,(H,22,24)(H,23,25)/t14-/m1/s1. The van der Waals surface area contributed by atoms with Crippen molar-refractivity contribution in [2.45, 2.75) is 41.7 Å². The lowest BCUT2D eigenvalue weighted by Gasteiger charge is -2.12. The lowest BCUT2D eigenvalue weighted by atomic mass is 10.3. The Morgan fingerprint density at radius 1 is 1.27 bits per heavy atom. The number of benzene rings is 2. The first kappa shape index (κ1) is 22.2. The molecule has 1 aliphatic heterocycles. The molecule has 0 aromatic heterocycles. The summed E-state index contributed by atoms with van der Waals surface area (Å²) in [4.78, 5) is 25.2. The van der Waals surface area contributed by atoms with Crippen LogP contribution in [-0.2, 0) is 19.4 Å². The fraction of sp³-hybridized carbons (Fsp3) is 0.333. The number of amides is 2. The number of hydrogen-bond acceptors (Lipinski definition) is 6. The number of carbonyl (C=O) groups excluding carboxylic acids is 2. The lowest BCUT2D eigenvalue weighted by molar-refractivity contribution is -0.116. The Morgan fingerprint density at radius 2 is 2.03 bits per heavy atom. The molecule has 160 valence electrons. The molecule has 0 aliphatic carbocycles. The van der Waals surface area contributed by atoms with Crippen molar-refractivity contribution in [3.05, 3.63) is 42.5 Å². The molecule has 0 bridgehead atoms. The van der Waals surface area contributed by atoms with E-state index in [9.17, 15) is 18.0 Å². The Hall–Kier alpha value is -2.52. The van der Waals surface area contributed by atoms with Gasteiger partial charge in [0, 0.05) is 23.0 Å². The minimum atomic E-state index is -3.70. The molecule has 0 unspecified atom stereocenters. The molecule has 2 N–H and O–H groups in total. The SMILES string of the molecule is CCOc1ccccc1NC(=O)CCS(=O)(=O)c1ccc2c(c1)NC(=O)C[C@@H](C)S2. The Bertz CT molecular complexity index is 1050. The van der Waals surface area contributed by atoms with E-state index in [-0.39, 0.29) is 28.2 Å². The molecule has 0 saturated heterocycles.